The first-order valence-corrected chi connectivity index (χ1v) is 12.3. The van der Waals surface area contributed by atoms with Crippen LogP contribution in [-0.4, -0.2) is 39.7 Å². The number of benzene rings is 3. The summed E-state index contributed by atoms with van der Waals surface area (Å²) in [5, 5.41) is 6.66. The Balaban J connectivity index is 1.45. The highest BCUT2D eigenvalue weighted by Gasteiger charge is 2.31. The molecule has 0 saturated carbocycles. The minimum absolute atomic E-state index is 0.119. The van der Waals surface area contributed by atoms with Crippen LogP contribution in [0.2, 0.25) is 5.02 Å². The SMILES string of the molecule is CCC(=O)N(c1nn(-c2ccc(Cl)cc2)c2ccccc12)C1CCN(Cc2ccccc2)CC1. The monoisotopic (exact) mass is 472 g/mol. The summed E-state index contributed by atoms with van der Waals surface area (Å²) in [6.07, 6.45) is 2.31. The number of amides is 1. The summed E-state index contributed by atoms with van der Waals surface area (Å²) in [5.41, 5.74) is 3.24. The molecule has 0 aliphatic carbocycles. The van der Waals surface area contributed by atoms with Gasteiger partial charge in [-0.3, -0.25) is 14.6 Å². The molecule has 1 aromatic heterocycles. The average Bonchev–Trinajstić information content (AvgIpc) is 3.25. The standard InChI is InChI=1S/C28H29ClN4O/c1-2-27(34)32(23-16-18-31(19-17-23)20-21-8-4-3-5-9-21)28-25-10-6-7-11-26(25)33(30-28)24-14-12-22(29)13-15-24/h3-15,23H,2,16-20H2,1H3. The van der Waals surface area contributed by atoms with E-state index < -0.39 is 0 Å². The van der Waals surface area contributed by atoms with Crippen molar-refractivity contribution in [3.63, 3.8) is 0 Å². The van der Waals surface area contributed by atoms with Crippen molar-refractivity contribution in [3.8, 4) is 5.69 Å². The number of nitrogens with zero attached hydrogens (tertiary/aromatic N) is 4. The van der Waals surface area contributed by atoms with E-state index >= 15 is 0 Å². The number of carbonyl (C=O) groups is 1. The zero-order valence-corrected chi connectivity index (χ0v) is 20.2. The number of para-hydroxylation sites is 1. The third-order valence-electron chi connectivity index (χ3n) is 6.61. The second kappa shape index (κ2) is 10.00. The Hall–Kier alpha value is -3.15. The number of aromatic nitrogens is 2. The third kappa shape index (κ3) is 4.59. The number of carbonyl (C=O) groups excluding carboxylic acids is 1. The van der Waals surface area contributed by atoms with Crippen molar-refractivity contribution in [2.45, 2.75) is 38.8 Å². The van der Waals surface area contributed by atoms with Crippen molar-refractivity contribution in [1.82, 2.24) is 14.7 Å². The molecule has 0 unspecified atom stereocenters. The molecule has 3 aromatic carbocycles. The van der Waals surface area contributed by atoms with Gasteiger partial charge in [-0.15, -0.1) is 5.10 Å². The van der Waals surface area contributed by atoms with Crippen LogP contribution in [0.25, 0.3) is 16.6 Å². The molecule has 1 amide bonds. The van der Waals surface area contributed by atoms with Gasteiger partial charge in [0, 0.05) is 42.5 Å². The molecule has 6 heteroatoms. The molecule has 0 bridgehead atoms. The maximum absolute atomic E-state index is 13.3. The number of piperidine rings is 1. The summed E-state index contributed by atoms with van der Waals surface area (Å²) in [7, 11) is 0. The number of fused-ring (bicyclic) bond motifs is 1. The van der Waals surface area contributed by atoms with Crippen LogP contribution in [0.3, 0.4) is 0 Å². The molecule has 0 spiro atoms. The minimum Gasteiger partial charge on any atom is -0.299 e. The van der Waals surface area contributed by atoms with Crippen LogP contribution in [0.5, 0.6) is 0 Å². The number of halogens is 1. The number of hydrogen-bond donors (Lipinski definition) is 0. The van der Waals surface area contributed by atoms with E-state index in [1.165, 1.54) is 5.56 Å². The lowest BCUT2D eigenvalue weighted by molar-refractivity contribution is -0.119. The van der Waals surface area contributed by atoms with Gasteiger partial charge in [0.25, 0.3) is 0 Å². The van der Waals surface area contributed by atoms with Crippen molar-refractivity contribution in [1.29, 1.82) is 0 Å². The average molecular weight is 473 g/mol. The Kier molecular flexibility index (Phi) is 6.66. The van der Waals surface area contributed by atoms with Crippen molar-refractivity contribution in [2.24, 2.45) is 0 Å². The van der Waals surface area contributed by atoms with Crippen LogP contribution in [0.15, 0.2) is 78.9 Å². The molecule has 0 radical (unpaired) electrons. The lowest BCUT2D eigenvalue weighted by atomic mass is 10.0. The quantitative estimate of drug-likeness (QED) is 0.341. The largest absolute Gasteiger partial charge is 0.299 e. The normalized spacial score (nSPS) is 15.0. The molecule has 4 aromatic rings. The van der Waals surface area contributed by atoms with Gasteiger partial charge in [-0.25, -0.2) is 4.68 Å². The molecule has 1 aliphatic rings. The van der Waals surface area contributed by atoms with E-state index in [4.69, 9.17) is 16.7 Å². The van der Waals surface area contributed by atoms with Gasteiger partial charge in [0.2, 0.25) is 5.91 Å². The van der Waals surface area contributed by atoms with Gasteiger partial charge in [0.05, 0.1) is 11.2 Å². The molecule has 0 atom stereocenters. The Morgan fingerprint density at radius 1 is 0.971 bits per heavy atom. The topological polar surface area (TPSA) is 41.4 Å². The van der Waals surface area contributed by atoms with Crippen molar-refractivity contribution in [2.75, 3.05) is 18.0 Å². The molecule has 1 saturated heterocycles. The van der Waals surface area contributed by atoms with Gasteiger partial charge >= 0.3 is 0 Å². The molecule has 2 heterocycles. The number of anilines is 1. The highest BCUT2D eigenvalue weighted by atomic mass is 35.5. The first-order valence-electron chi connectivity index (χ1n) is 12.0. The summed E-state index contributed by atoms with van der Waals surface area (Å²) < 4.78 is 1.92. The van der Waals surface area contributed by atoms with Gasteiger partial charge in [-0.05, 0) is 54.8 Å². The lowest BCUT2D eigenvalue weighted by Crippen LogP contribution is -2.47. The van der Waals surface area contributed by atoms with Gasteiger partial charge < -0.3 is 0 Å². The van der Waals surface area contributed by atoms with E-state index in [0.717, 1.165) is 54.9 Å². The van der Waals surface area contributed by atoms with Gasteiger partial charge in [0.15, 0.2) is 5.82 Å². The number of hydrogen-bond acceptors (Lipinski definition) is 3. The summed E-state index contributed by atoms with van der Waals surface area (Å²) in [6.45, 7) is 4.80. The van der Waals surface area contributed by atoms with Crippen LogP contribution in [0.4, 0.5) is 5.82 Å². The second-order valence-electron chi connectivity index (χ2n) is 8.84. The summed E-state index contributed by atoms with van der Waals surface area (Å²) in [6, 6.07) is 26.5. The molecule has 34 heavy (non-hydrogen) atoms. The molecule has 0 N–H and O–H groups in total. The Bertz CT molecular complexity index is 1260. The van der Waals surface area contributed by atoms with Gasteiger partial charge in [-0.2, -0.15) is 0 Å². The molecule has 174 valence electrons. The fourth-order valence-electron chi connectivity index (χ4n) is 4.85. The summed E-state index contributed by atoms with van der Waals surface area (Å²) >= 11 is 6.11. The second-order valence-corrected chi connectivity index (χ2v) is 9.28. The summed E-state index contributed by atoms with van der Waals surface area (Å²) in [4.78, 5) is 17.7. The van der Waals surface area contributed by atoms with E-state index in [0.29, 0.717) is 11.4 Å². The molecule has 1 aliphatic heterocycles. The van der Waals surface area contributed by atoms with Crippen molar-refractivity contribution in [3.05, 3.63) is 89.4 Å². The predicted molar refractivity (Wildman–Crippen MR) is 139 cm³/mol. The van der Waals surface area contributed by atoms with E-state index in [1.54, 1.807) is 0 Å². The third-order valence-corrected chi connectivity index (χ3v) is 6.86. The summed E-state index contributed by atoms with van der Waals surface area (Å²) in [5.74, 6) is 0.868. The molecular weight excluding hydrogens is 444 g/mol. The maximum Gasteiger partial charge on any atom is 0.228 e. The Morgan fingerprint density at radius 2 is 1.65 bits per heavy atom. The maximum atomic E-state index is 13.3. The zero-order chi connectivity index (χ0) is 23.5. The Morgan fingerprint density at radius 3 is 2.35 bits per heavy atom. The first-order chi connectivity index (χ1) is 16.6. The first kappa shape index (κ1) is 22.6. The molecular formula is C28H29ClN4O. The van der Waals surface area contributed by atoms with Crippen LogP contribution >= 0.6 is 11.6 Å². The zero-order valence-electron chi connectivity index (χ0n) is 19.4. The number of likely N-dealkylation sites (tertiary alicyclic amines) is 1. The van der Waals surface area contributed by atoms with E-state index in [2.05, 4.69) is 47.4 Å². The van der Waals surface area contributed by atoms with Crippen molar-refractivity contribution < 1.29 is 4.79 Å². The molecule has 1 fully saturated rings. The predicted octanol–water partition coefficient (Wildman–Crippen LogP) is 6.09. The molecule has 5 rings (SSSR count). The minimum atomic E-state index is 0.119. The van der Waals surface area contributed by atoms with Crippen LogP contribution in [0, 0.1) is 0 Å². The smallest absolute Gasteiger partial charge is 0.228 e. The van der Waals surface area contributed by atoms with Crippen LogP contribution < -0.4 is 4.90 Å². The highest BCUT2D eigenvalue weighted by molar-refractivity contribution is 6.30. The van der Waals surface area contributed by atoms with Crippen LogP contribution in [0.1, 0.15) is 31.7 Å². The van der Waals surface area contributed by atoms with Crippen molar-refractivity contribution >= 4 is 34.2 Å². The van der Waals surface area contributed by atoms with Crippen LogP contribution in [-0.2, 0) is 11.3 Å². The fourth-order valence-corrected chi connectivity index (χ4v) is 4.98. The fraction of sp³-hybridized carbons (Fsp3) is 0.286. The number of rotatable bonds is 6. The van der Waals surface area contributed by atoms with Gasteiger partial charge in [0.1, 0.15) is 0 Å². The lowest BCUT2D eigenvalue weighted by Gasteiger charge is -2.37. The van der Waals surface area contributed by atoms with E-state index in [1.807, 2.05) is 52.9 Å². The Labute approximate surface area is 205 Å². The van der Waals surface area contributed by atoms with E-state index in [-0.39, 0.29) is 11.9 Å². The molecule has 5 nitrogen and oxygen atoms in total. The van der Waals surface area contributed by atoms with E-state index in [9.17, 15) is 4.79 Å². The highest BCUT2D eigenvalue weighted by Crippen LogP contribution is 2.33. The van der Waals surface area contributed by atoms with Gasteiger partial charge in [-0.1, -0.05) is 61.0 Å².